The quantitative estimate of drug-likeness (QED) is 0.385. The number of aromatic nitrogens is 1. The van der Waals surface area contributed by atoms with Crippen molar-refractivity contribution in [2.24, 2.45) is 5.92 Å². The zero-order valence-corrected chi connectivity index (χ0v) is 21.6. The van der Waals surface area contributed by atoms with Crippen molar-refractivity contribution in [1.82, 2.24) is 9.47 Å². The lowest BCUT2D eigenvalue weighted by Gasteiger charge is -2.43. The second kappa shape index (κ2) is 10.4. The Balaban J connectivity index is 1.35. The van der Waals surface area contributed by atoms with Crippen LogP contribution < -0.4 is 10.9 Å². The van der Waals surface area contributed by atoms with Gasteiger partial charge in [-0.05, 0) is 43.0 Å². The molecular formula is C28H27N3O3S2. The molecule has 1 saturated heterocycles. The number of hydrogen-bond donors (Lipinski definition) is 1. The van der Waals surface area contributed by atoms with Crippen LogP contribution in [0.25, 0.3) is 0 Å². The summed E-state index contributed by atoms with van der Waals surface area (Å²) in [6.07, 6.45) is 1.04. The highest BCUT2D eigenvalue weighted by Gasteiger charge is 2.36. The van der Waals surface area contributed by atoms with Crippen molar-refractivity contribution in [3.63, 3.8) is 0 Å². The van der Waals surface area contributed by atoms with Gasteiger partial charge in [0.05, 0.1) is 0 Å². The van der Waals surface area contributed by atoms with Crippen LogP contribution >= 0.6 is 24.0 Å². The average Bonchev–Trinajstić information content (AvgIpc) is 2.88. The number of rotatable bonds is 5. The predicted molar refractivity (Wildman–Crippen MR) is 148 cm³/mol. The minimum atomic E-state index is -0.545. The van der Waals surface area contributed by atoms with Crippen LogP contribution in [-0.2, 0) is 11.3 Å². The molecule has 2 aliphatic rings. The third-order valence-electron chi connectivity index (χ3n) is 6.83. The number of anilines is 1. The fraction of sp³-hybridized carbons (Fsp3) is 0.286. The van der Waals surface area contributed by atoms with Gasteiger partial charge in [-0.3, -0.25) is 14.4 Å². The number of amides is 1. The monoisotopic (exact) mass is 517 g/mol. The second-order valence-electron chi connectivity index (χ2n) is 9.40. The molecule has 1 aromatic heterocycles. The topological polar surface area (TPSA) is 71.4 Å². The number of ketones is 1. The molecule has 1 amide bonds. The Morgan fingerprint density at radius 3 is 2.56 bits per heavy atom. The molecule has 0 spiro atoms. The third kappa shape index (κ3) is 5.15. The summed E-state index contributed by atoms with van der Waals surface area (Å²) >= 11 is 7.26. The lowest BCUT2D eigenvalue weighted by molar-refractivity contribution is -0.115. The highest BCUT2D eigenvalue weighted by Crippen LogP contribution is 2.39. The Kier molecular flexibility index (Phi) is 7.07. The summed E-state index contributed by atoms with van der Waals surface area (Å²) in [5.41, 5.74) is 3.11. The van der Waals surface area contributed by atoms with Crippen molar-refractivity contribution in [2.75, 3.05) is 18.4 Å². The van der Waals surface area contributed by atoms with Crippen molar-refractivity contribution in [2.45, 2.75) is 31.1 Å². The zero-order chi connectivity index (χ0) is 25.2. The number of likely N-dealkylation sites (tertiary alicyclic amines) is 1. The van der Waals surface area contributed by atoms with Gasteiger partial charge in [-0.1, -0.05) is 72.5 Å². The van der Waals surface area contributed by atoms with E-state index in [1.165, 1.54) is 18.7 Å². The van der Waals surface area contributed by atoms with E-state index in [9.17, 15) is 14.4 Å². The van der Waals surface area contributed by atoms with E-state index in [1.807, 2.05) is 47.0 Å². The smallest absolute Gasteiger partial charge is 0.250 e. The van der Waals surface area contributed by atoms with Crippen LogP contribution in [0.2, 0.25) is 0 Å². The first-order valence-electron chi connectivity index (χ1n) is 12.0. The van der Waals surface area contributed by atoms with Gasteiger partial charge in [-0.25, -0.2) is 0 Å². The van der Waals surface area contributed by atoms with Crippen LogP contribution in [0.1, 0.15) is 46.1 Å². The minimum Gasteiger partial charge on any atom is -0.356 e. The number of piperidine rings is 1. The van der Waals surface area contributed by atoms with E-state index in [4.69, 9.17) is 12.2 Å². The lowest BCUT2D eigenvalue weighted by atomic mass is 9.83. The van der Waals surface area contributed by atoms with E-state index in [1.54, 1.807) is 30.3 Å². The molecule has 2 bridgehead atoms. The van der Waals surface area contributed by atoms with Crippen LogP contribution in [0.15, 0.2) is 77.6 Å². The first-order valence-corrected chi connectivity index (χ1v) is 13.3. The molecule has 0 aliphatic carbocycles. The molecule has 3 aromatic rings. The Bertz CT molecular complexity index is 1370. The van der Waals surface area contributed by atoms with Gasteiger partial charge in [0.1, 0.15) is 9.57 Å². The molecule has 3 heterocycles. The van der Waals surface area contributed by atoms with Crippen LogP contribution in [0.5, 0.6) is 0 Å². The van der Waals surface area contributed by atoms with Crippen molar-refractivity contribution >= 4 is 45.7 Å². The van der Waals surface area contributed by atoms with Crippen molar-refractivity contribution in [1.29, 1.82) is 0 Å². The van der Waals surface area contributed by atoms with Gasteiger partial charge in [-0.2, -0.15) is 0 Å². The number of nitrogens with one attached hydrogen (secondary N) is 1. The standard InChI is InChI=1S/C28H27N3O3S2/c1-18(32)21-9-5-10-23(14-21)29-27(34)26(20-7-3-2-4-8-20)36-28(35)30-15-19-13-22(17-30)24-11-6-12-25(33)31(24)16-19/h2-12,14,19,22,26H,13,15-17H2,1H3,(H,29,34). The van der Waals surface area contributed by atoms with Crippen LogP contribution in [0.4, 0.5) is 5.69 Å². The van der Waals surface area contributed by atoms with Gasteiger partial charge >= 0.3 is 0 Å². The molecule has 8 heteroatoms. The zero-order valence-electron chi connectivity index (χ0n) is 19.9. The number of thioether (sulfide) groups is 1. The number of nitrogens with zero attached hydrogens (tertiary/aromatic N) is 2. The Hall–Kier alpha value is -3.23. The van der Waals surface area contributed by atoms with Crippen LogP contribution in [0, 0.1) is 5.92 Å². The number of Topliss-reactive ketones (excluding diaryl/α,β-unsaturated/α-hetero) is 1. The Morgan fingerprint density at radius 2 is 1.78 bits per heavy atom. The van der Waals surface area contributed by atoms with Gasteiger partial charge in [0, 0.05) is 48.6 Å². The number of carbonyl (C=O) groups is 2. The van der Waals surface area contributed by atoms with Crippen molar-refractivity contribution in [3.05, 3.63) is 100.0 Å². The molecular weight excluding hydrogens is 490 g/mol. The summed E-state index contributed by atoms with van der Waals surface area (Å²) < 4.78 is 2.58. The molecule has 1 N–H and O–H groups in total. The third-order valence-corrected chi connectivity index (χ3v) is 8.56. The van der Waals surface area contributed by atoms with Gasteiger partial charge < -0.3 is 14.8 Å². The Labute approximate surface area is 219 Å². The van der Waals surface area contributed by atoms with E-state index in [-0.39, 0.29) is 23.2 Å². The molecule has 2 aromatic carbocycles. The molecule has 0 radical (unpaired) electrons. The summed E-state index contributed by atoms with van der Waals surface area (Å²) in [5, 5.41) is 2.43. The molecule has 0 saturated carbocycles. The van der Waals surface area contributed by atoms with Gasteiger partial charge in [0.15, 0.2) is 5.78 Å². The molecule has 2 aliphatic heterocycles. The summed E-state index contributed by atoms with van der Waals surface area (Å²) in [6.45, 7) is 3.71. The van der Waals surface area contributed by atoms with Crippen LogP contribution in [0.3, 0.4) is 0 Å². The van der Waals surface area contributed by atoms with E-state index in [0.717, 1.165) is 30.8 Å². The number of carbonyl (C=O) groups excluding carboxylic acids is 2. The maximum Gasteiger partial charge on any atom is 0.250 e. The fourth-order valence-corrected chi connectivity index (χ4v) is 6.54. The van der Waals surface area contributed by atoms with E-state index in [2.05, 4.69) is 10.2 Å². The van der Waals surface area contributed by atoms with Gasteiger partial charge in [-0.15, -0.1) is 0 Å². The van der Waals surface area contributed by atoms with Crippen molar-refractivity contribution in [3.8, 4) is 0 Å². The summed E-state index contributed by atoms with van der Waals surface area (Å²) in [6, 6.07) is 22.1. The highest BCUT2D eigenvalue weighted by atomic mass is 32.2. The first-order chi connectivity index (χ1) is 17.4. The van der Waals surface area contributed by atoms with Crippen molar-refractivity contribution < 1.29 is 9.59 Å². The molecule has 1 fully saturated rings. The average molecular weight is 518 g/mol. The molecule has 6 nitrogen and oxygen atoms in total. The second-order valence-corrected chi connectivity index (χ2v) is 11.1. The number of thiocarbonyl (C=S) groups is 1. The SMILES string of the molecule is CC(=O)c1cccc(NC(=O)C(SC(=S)N2CC3CC(C2)c2cccc(=O)n2C3)c2ccccc2)c1. The number of benzene rings is 2. The number of hydrogen-bond acceptors (Lipinski definition) is 5. The number of fused-ring (bicyclic) bond motifs is 4. The fourth-order valence-electron chi connectivity index (χ4n) is 5.15. The molecule has 36 heavy (non-hydrogen) atoms. The van der Waals surface area contributed by atoms with Crippen LogP contribution in [-0.4, -0.2) is 38.6 Å². The van der Waals surface area contributed by atoms with Gasteiger partial charge in [0.2, 0.25) is 5.91 Å². The molecule has 5 rings (SSSR count). The number of pyridine rings is 1. The summed E-state index contributed by atoms with van der Waals surface area (Å²) in [7, 11) is 0. The van der Waals surface area contributed by atoms with E-state index < -0.39 is 5.25 Å². The molecule has 3 atom stereocenters. The highest BCUT2D eigenvalue weighted by molar-refractivity contribution is 8.23. The normalized spacial score (nSPS) is 19.2. The molecule has 3 unspecified atom stereocenters. The maximum atomic E-state index is 13.5. The summed E-state index contributed by atoms with van der Waals surface area (Å²) in [5.74, 6) is 0.334. The van der Waals surface area contributed by atoms with Gasteiger partial charge in [0.25, 0.3) is 5.56 Å². The largest absolute Gasteiger partial charge is 0.356 e. The van der Waals surface area contributed by atoms with E-state index in [0.29, 0.717) is 28.0 Å². The lowest BCUT2D eigenvalue weighted by Crippen LogP contribution is -2.48. The summed E-state index contributed by atoms with van der Waals surface area (Å²) in [4.78, 5) is 39.8. The minimum absolute atomic E-state index is 0.0549. The maximum absolute atomic E-state index is 13.5. The van der Waals surface area contributed by atoms with E-state index >= 15 is 0 Å². The Morgan fingerprint density at radius 1 is 1.00 bits per heavy atom. The first kappa shape index (κ1) is 24.5. The predicted octanol–water partition coefficient (Wildman–Crippen LogP) is 4.87. The molecule has 184 valence electrons.